The fourth-order valence-corrected chi connectivity index (χ4v) is 2.08. The second-order valence-electron chi connectivity index (χ2n) is 6.16. The molecular formula is C16H22O15. The molecule has 15 heteroatoms. The number of rotatable bonds is 15. The number of aliphatic hydroxyl groups is 3. The fraction of sp³-hybridized carbons (Fsp3) is 0.625. The number of carbonyl (C=O) groups is 6. The normalized spacial score (nSPS) is 14.4. The largest absolute Gasteiger partial charge is 0.481 e. The van der Waals surface area contributed by atoms with Gasteiger partial charge in [0.1, 0.15) is 19.8 Å². The van der Waals surface area contributed by atoms with Crippen molar-refractivity contribution in [1.29, 1.82) is 0 Å². The minimum absolute atomic E-state index is 0.559. The van der Waals surface area contributed by atoms with Gasteiger partial charge in [-0.25, -0.2) is 9.59 Å². The van der Waals surface area contributed by atoms with E-state index < -0.39 is 99.1 Å². The smallest absolute Gasteiger partial charge is 0.339 e. The topological polar surface area (TPSA) is 251 Å². The number of carboxylic acids is 3. The number of hydrogen-bond donors (Lipinski definition) is 6. The highest BCUT2D eigenvalue weighted by atomic mass is 16.6. The van der Waals surface area contributed by atoms with Gasteiger partial charge in [-0.3, -0.25) is 19.2 Å². The van der Waals surface area contributed by atoms with Crippen molar-refractivity contribution in [1.82, 2.24) is 0 Å². The van der Waals surface area contributed by atoms with Gasteiger partial charge in [0.05, 0.1) is 32.3 Å². The third-order valence-corrected chi connectivity index (χ3v) is 3.47. The molecule has 0 bridgehead atoms. The lowest BCUT2D eigenvalue weighted by Crippen LogP contribution is -2.45. The maximum atomic E-state index is 11.7. The van der Waals surface area contributed by atoms with E-state index in [0.717, 1.165) is 0 Å². The average molecular weight is 454 g/mol. The summed E-state index contributed by atoms with van der Waals surface area (Å²) in [6.07, 6.45) is -4.84. The van der Waals surface area contributed by atoms with E-state index in [0.29, 0.717) is 0 Å². The Morgan fingerprint density at radius 1 is 0.613 bits per heavy atom. The molecule has 15 nitrogen and oxygen atoms in total. The second kappa shape index (κ2) is 12.4. The van der Waals surface area contributed by atoms with Crippen LogP contribution in [0.25, 0.3) is 0 Å². The van der Waals surface area contributed by atoms with E-state index in [-0.39, 0.29) is 0 Å². The predicted octanol–water partition coefficient (Wildman–Crippen LogP) is -3.12. The highest BCUT2D eigenvalue weighted by Crippen LogP contribution is 2.19. The number of aliphatic hydroxyl groups excluding tert-OH is 1. The van der Waals surface area contributed by atoms with Gasteiger partial charge in [0.2, 0.25) is 0 Å². The Hall–Kier alpha value is -3.30. The summed E-state index contributed by atoms with van der Waals surface area (Å²) in [5.74, 6) is -9.39. The SMILES string of the molecule is O=C(O)CC(O)(CC(=O)OCCOC(=O)CC(O)(CC(=O)O)C(=O)OCCO)C(=O)O. The lowest BCUT2D eigenvalue weighted by Gasteiger charge is -2.23. The van der Waals surface area contributed by atoms with Crippen molar-refractivity contribution in [3.8, 4) is 0 Å². The first kappa shape index (κ1) is 27.7. The van der Waals surface area contributed by atoms with Gasteiger partial charge in [0.15, 0.2) is 11.2 Å². The van der Waals surface area contributed by atoms with E-state index >= 15 is 0 Å². The zero-order chi connectivity index (χ0) is 24.2. The molecule has 0 aliphatic rings. The molecule has 0 aromatic heterocycles. The molecular weight excluding hydrogens is 432 g/mol. The summed E-state index contributed by atoms with van der Waals surface area (Å²) in [7, 11) is 0. The molecule has 0 fully saturated rings. The van der Waals surface area contributed by atoms with Gasteiger partial charge in [-0.1, -0.05) is 0 Å². The first-order chi connectivity index (χ1) is 14.3. The Bertz CT molecular complexity index is 701. The summed E-state index contributed by atoms with van der Waals surface area (Å²) in [6.45, 7) is -2.51. The minimum Gasteiger partial charge on any atom is -0.481 e. The molecule has 0 saturated carbocycles. The standard InChI is InChI=1S/C16H22O15/c17-1-2-31-14(26)16(28,6-10(20)21)8-12(23)30-4-3-29-11(22)7-15(27,13(24)25)5-9(18)19/h17,27-28H,1-8H2,(H,18,19)(H,20,21)(H,24,25). The lowest BCUT2D eigenvalue weighted by atomic mass is 9.96. The zero-order valence-electron chi connectivity index (χ0n) is 16.0. The molecule has 0 saturated heterocycles. The molecule has 0 aliphatic heterocycles. The van der Waals surface area contributed by atoms with Gasteiger partial charge in [-0.05, 0) is 0 Å². The van der Waals surface area contributed by atoms with Crippen LogP contribution in [0.4, 0.5) is 0 Å². The Balaban J connectivity index is 4.67. The second-order valence-corrected chi connectivity index (χ2v) is 6.16. The number of hydrogen-bond acceptors (Lipinski definition) is 12. The number of carboxylic acid groups (broad SMARTS) is 3. The number of carbonyl (C=O) groups excluding carboxylic acids is 3. The third kappa shape index (κ3) is 10.3. The Morgan fingerprint density at radius 3 is 1.42 bits per heavy atom. The first-order valence-corrected chi connectivity index (χ1v) is 8.47. The van der Waals surface area contributed by atoms with Gasteiger partial charge in [-0.15, -0.1) is 0 Å². The van der Waals surface area contributed by atoms with Crippen LogP contribution in [0.15, 0.2) is 0 Å². The van der Waals surface area contributed by atoms with E-state index in [1.807, 2.05) is 0 Å². The molecule has 31 heavy (non-hydrogen) atoms. The van der Waals surface area contributed by atoms with E-state index in [1.54, 1.807) is 0 Å². The Morgan fingerprint density at radius 2 is 1.03 bits per heavy atom. The molecule has 0 rings (SSSR count). The van der Waals surface area contributed by atoms with Crippen molar-refractivity contribution >= 4 is 35.8 Å². The molecule has 2 atom stereocenters. The summed E-state index contributed by atoms with van der Waals surface area (Å²) >= 11 is 0. The maximum absolute atomic E-state index is 11.7. The number of esters is 3. The highest BCUT2D eigenvalue weighted by molar-refractivity contribution is 5.90. The lowest BCUT2D eigenvalue weighted by molar-refractivity contribution is -0.178. The van der Waals surface area contributed by atoms with Crippen molar-refractivity contribution in [3.05, 3.63) is 0 Å². The molecule has 0 spiro atoms. The molecule has 0 aromatic rings. The van der Waals surface area contributed by atoms with Crippen LogP contribution in [0, 0.1) is 0 Å². The Kier molecular flexibility index (Phi) is 11.1. The van der Waals surface area contributed by atoms with Crippen LogP contribution in [0.1, 0.15) is 25.7 Å². The van der Waals surface area contributed by atoms with Crippen LogP contribution in [0.3, 0.4) is 0 Å². The molecule has 6 N–H and O–H groups in total. The van der Waals surface area contributed by atoms with Gasteiger partial charge in [0, 0.05) is 0 Å². The summed E-state index contributed by atoms with van der Waals surface area (Å²) in [5, 5.41) is 54.6. The summed E-state index contributed by atoms with van der Waals surface area (Å²) in [5.41, 5.74) is -5.70. The van der Waals surface area contributed by atoms with Gasteiger partial charge in [-0.2, -0.15) is 0 Å². The van der Waals surface area contributed by atoms with Gasteiger partial charge < -0.3 is 44.8 Å². The summed E-state index contributed by atoms with van der Waals surface area (Å²) in [4.78, 5) is 67.4. The average Bonchev–Trinajstić information content (AvgIpc) is 2.61. The van der Waals surface area contributed by atoms with Crippen molar-refractivity contribution in [3.63, 3.8) is 0 Å². The first-order valence-electron chi connectivity index (χ1n) is 8.47. The van der Waals surface area contributed by atoms with E-state index in [1.165, 1.54) is 0 Å². The van der Waals surface area contributed by atoms with Crippen LogP contribution in [0.2, 0.25) is 0 Å². The molecule has 0 radical (unpaired) electrons. The van der Waals surface area contributed by atoms with E-state index in [2.05, 4.69) is 14.2 Å². The maximum Gasteiger partial charge on any atom is 0.339 e. The van der Waals surface area contributed by atoms with Crippen molar-refractivity contribution in [2.24, 2.45) is 0 Å². The summed E-state index contributed by atoms with van der Waals surface area (Å²) < 4.78 is 13.5. The third-order valence-electron chi connectivity index (χ3n) is 3.47. The summed E-state index contributed by atoms with van der Waals surface area (Å²) in [6, 6.07) is 0. The van der Waals surface area contributed by atoms with Crippen LogP contribution >= 0.6 is 0 Å². The van der Waals surface area contributed by atoms with Crippen LogP contribution in [0.5, 0.6) is 0 Å². The molecule has 0 aromatic carbocycles. The van der Waals surface area contributed by atoms with E-state index in [4.69, 9.17) is 20.4 Å². The van der Waals surface area contributed by atoms with Crippen LogP contribution < -0.4 is 0 Å². The van der Waals surface area contributed by atoms with Crippen molar-refractivity contribution < 1.29 is 73.6 Å². The fourth-order valence-electron chi connectivity index (χ4n) is 2.08. The van der Waals surface area contributed by atoms with Crippen LogP contribution in [-0.4, -0.2) is 104 Å². The van der Waals surface area contributed by atoms with Crippen molar-refractivity contribution in [2.75, 3.05) is 26.4 Å². The van der Waals surface area contributed by atoms with E-state index in [9.17, 15) is 39.0 Å². The monoisotopic (exact) mass is 454 g/mol. The zero-order valence-corrected chi connectivity index (χ0v) is 16.0. The van der Waals surface area contributed by atoms with Crippen molar-refractivity contribution in [2.45, 2.75) is 36.9 Å². The van der Waals surface area contributed by atoms with Gasteiger partial charge in [0.25, 0.3) is 0 Å². The Labute approximate surface area is 173 Å². The molecule has 0 aliphatic carbocycles. The molecule has 0 amide bonds. The minimum atomic E-state index is -2.91. The molecule has 0 heterocycles. The molecule has 2 unspecified atom stereocenters. The predicted molar refractivity (Wildman–Crippen MR) is 91.2 cm³/mol. The highest BCUT2D eigenvalue weighted by Gasteiger charge is 2.43. The number of ether oxygens (including phenoxy) is 3. The quantitative estimate of drug-likeness (QED) is 0.0813. The molecule has 176 valence electrons. The number of aliphatic carboxylic acids is 3. The van der Waals surface area contributed by atoms with Crippen LogP contribution in [-0.2, 0) is 43.0 Å². The van der Waals surface area contributed by atoms with Gasteiger partial charge >= 0.3 is 35.8 Å².